The lowest BCUT2D eigenvalue weighted by molar-refractivity contribution is -0.145. The average Bonchev–Trinajstić information content (AvgIpc) is 3.07. The molecule has 1 N–H and O–H groups in total. The van der Waals surface area contributed by atoms with Crippen LogP contribution in [0, 0.1) is 6.92 Å². The lowest BCUT2D eigenvalue weighted by Crippen LogP contribution is -2.45. The zero-order valence-corrected chi connectivity index (χ0v) is 16.5. The summed E-state index contributed by atoms with van der Waals surface area (Å²) in [6, 6.07) is 23.0. The molecular weight excluding hydrogens is 362 g/mol. The van der Waals surface area contributed by atoms with Crippen molar-refractivity contribution in [3.05, 3.63) is 95.1 Å². The zero-order chi connectivity index (χ0) is 20.4. The van der Waals surface area contributed by atoms with Gasteiger partial charge in [0.25, 0.3) is 0 Å². The molecule has 3 aromatic carbocycles. The second-order valence-electron chi connectivity index (χ2n) is 7.39. The van der Waals surface area contributed by atoms with Gasteiger partial charge in [0.05, 0.1) is 13.0 Å². The molecule has 1 amide bonds. The average molecular weight is 385 g/mol. The van der Waals surface area contributed by atoms with Crippen LogP contribution in [0.15, 0.2) is 72.8 Å². The predicted octanol–water partition coefficient (Wildman–Crippen LogP) is 4.01. The summed E-state index contributed by atoms with van der Waals surface area (Å²) in [5.41, 5.74) is 6.15. The van der Waals surface area contributed by atoms with Crippen LogP contribution in [0.2, 0.25) is 0 Å². The number of ether oxygens (including phenoxy) is 1. The molecule has 0 saturated carbocycles. The van der Waals surface area contributed by atoms with Crippen molar-refractivity contribution in [2.75, 3.05) is 7.11 Å². The second-order valence-corrected chi connectivity index (χ2v) is 7.39. The molecule has 0 radical (unpaired) electrons. The number of aryl methyl sites for hydroxylation is 1. The van der Waals surface area contributed by atoms with E-state index in [2.05, 4.69) is 5.32 Å². The Bertz CT molecular complexity index is 1030. The van der Waals surface area contributed by atoms with E-state index >= 15 is 0 Å². The van der Waals surface area contributed by atoms with Crippen molar-refractivity contribution in [3.63, 3.8) is 0 Å². The summed E-state index contributed by atoms with van der Waals surface area (Å²) in [6.45, 7) is 2.00. The van der Waals surface area contributed by atoms with E-state index in [0.29, 0.717) is 6.42 Å². The topological polar surface area (TPSA) is 55.4 Å². The molecule has 29 heavy (non-hydrogen) atoms. The van der Waals surface area contributed by atoms with E-state index in [9.17, 15) is 9.59 Å². The second kappa shape index (κ2) is 7.92. The number of carbonyl (C=O) groups excluding carboxylic acids is 2. The SMILES string of the molecule is COC(=O)[C@@H](Cc1cccc(C)c1)NC(=O)C1c2ccccc2-c2ccccc21. The fourth-order valence-electron chi connectivity index (χ4n) is 4.10. The van der Waals surface area contributed by atoms with Gasteiger partial charge in [-0.15, -0.1) is 0 Å². The molecule has 4 heteroatoms. The molecule has 4 nitrogen and oxygen atoms in total. The van der Waals surface area contributed by atoms with Crippen molar-refractivity contribution in [1.29, 1.82) is 0 Å². The largest absolute Gasteiger partial charge is 0.467 e. The molecule has 1 atom stereocenters. The minimum atomic E-state index is -0.741. The summed E-state index contributed by atoms with van der Waals surface area (Å²) in [5, 5.41) is 2.95. The number of benzene rings is 3. The molecule has 3 aromatic rings. The highest BCUT2D eigenvalue weighted by Crippen LogP contribution is 2.44. The summed E-state index contributed by atoms with van der Waals surface area (Å²) in [7, 11) is 1.35. The Kier molecular flexibility index (Phi) is 5.17. The van der Waals surface area contributed by atoms with Crippen molar-refractivity contribution >= 4 is 11.9 Å². The number of hydrogen-bond donors (Lipinski definition) is 1. The summed E-state index contributed by atoms with van der Waals surface area (Å²) in [4.78, 5) is 25.7. The molecule has 0 unspecified atom stereocenters. The predicted molar refractivity (Wildman–Crippen MR) is 113 cm³/mol. The number of hydrogen-bond acceptors (Lipinski definition) is 3. The monoisotopic (exact) mass is 385 g/mol. The molecule has 0 fully saturated rings. The molecule has 0 aromatic heterocycles. The van der Waals surface area contributed by atoms with Crippen LogP contribution in [-0.2, 0) is 20.7 Å². The quantitative estimate of drug-likeness (QED) is 0.675. The van der Waals surface area contributed by atoms with Gasteiger partial charge in [0, 0.05) is 6.42 Å². The number of esters is 1. The van der Waals surface area contributed by atoms with Gasteiger partial charge in [0.1, 0.15) is 6.04 Å². The first-order chi connectivity index (χ1) is 14.1. The molecule has 4 rings (SSSR count). The van der Waals surface area contributed by atoms with Gasteiger partial charge in [-0.1, -0.05) is 78.4 Å². The van der Waals surface area contributed by atoms with E-state index in [0.717, 1.165) is 33.4 Å². The van der Waals surface area contributed by atoms with E-state index in [1.54, 1.807) is 0 Å². The van der Waals surface area contributed by atoms with E-state index in [1.165, 1.54) is 7.11 Å². The molecule has 0 aliphatic heterocycles. The van der Waals surface area contributed by atoms with Gasteiger partial charge in [-0.25, -0.2) is 4.79 Å². The normalized spacial score (nSPS) is 13.3. The molecule has 0 bridgehead atoms. The van der Waals surface area contributed by atoms with Gasteiger partial charge in [-0.05, 0) is 34.7 Å². The van der Waals surface area contributed by atoms with E-state index < -0.39 is 17.9 Å². The Labute approximate surface area is 170 Å². The van der Waals surface area contributed by atoms with Crippen LogP contribution in [0.4, 0.5) is 0 Å². The van der Waals surface area contributed by atoms with Gasteiger partial charge in [-0.2, -0.15) is 0 Å². The Hall–Kier alpha value is -3.40. The van der Waals surface area contributed by atoms with Crippen LogP contribution in [0.25, 0.3) is 11.1 Å². The van der Waals surface area contributed by atoms with Crippen molar-refractivity contribution < 1.29 is 14.3 Å². The lowest BCUT2D eigenvalue weighted by Gasteiger charge is -2.20. The minimum absolute atomic E-state index is 0.189. The van der Waals surface area contributed by atoms with Crippen LogP contribution in [0.5, 0.6) is 0 Å². The molecule has 0 heterocycles. The van der Waals surface area contributed by atoms with Crippen LogP contribution in [-0.4, -0.2) is 25.0 Å². The maximum absolute atomic E-state index is 13.3. The van der Waals surface area contributed by atoms with E-state index in [1.807, 2.05) is 79.7 Å². The molecule has 0 saturated heterocycles. The molecule has 1 aliphatic carbocycles. The first-order valence-electron chi connectivity index (χ1n) is 9.70. The summed E-state index contributed by atoms with van der Waals surface area (Å²) >= 11 is 0. The van der Waals surface area contributed by atoms with Crippen molar-refractivity contribution in [1.82, 2.24) is 5.32 Å². The van der Waals surface area contributed by atoms with Crippen LogP contribution >= 0.6 is 0 Å². The summed E-state index contributed by atoms with van der Waals surface area (Å²) < 4.78 is 4.96. The van der Waals surface area contributed by atoms with Gasteiger partial charge in [0.15, 0.2) is 0 Å². The smallest absolute Gasteiger partial charge is 0.328 e. The van der Waals surface area contributed by atoms with Crippen LogP contribution in [0.1, 0.15) is 28.2 Å². The lowest BCUT2D eigenvalue weighted by atomic mass is 9.95. The minimum Gasteiger partial charge on any atom is -0.467 e. The first kappa shape index (κ1) is 18.9. The Morgan fingerprint density at radius 2 is 1.55 bits per heavy atom. The molecule has 146 valence electrons. The zero-order valence-electron chi connectivity index (χ0n) is 16.5. The highest BCUT2D eigenvalue weighted by molar-refractivity contribution is 5.97. The number of rotatable bonds is 5. The fraction of sp³-hybridized carbons (Fsp3) is 0.200. The maximum atomic E-state index is 13.3. The molecule has 0 spiro atoms. The van der Waals surface area contributed by atoms with Crippen molar-refractivity contribution in [2.24, 2.45) is 0 Å². The number of carbonyl (C=O) groups is 2. The van der Waals surface area contributed by atoms with E-state index in [-0.39, 0.29) is 5.91 Å². The third kappa shape index (κ3) is 3.66. The summed E-state index contributed by atoms with van der Waals surface area (Å²) in [5.74, 6) is -1.07. The maximum Gasteiger partial charge on any atom is 0.328 e. The Morgan fingerprint density at radius 3 is 2.14 bits per heavy atom. The number of amides is 1. The van der Waals surface area contributed by atoms with Gasteiger partial charge >= 0.3 is 5.97 Å². The van der Waals surface area contributed by atoms with Gasteiger partial charge < -0.3 is 10.1 Å². The molecule has 1 aliphatic rings. The Balaban J connectivity index is 1.63. The highest BCUT2D eigenvalue weighted by atomic mass is 16.5. The van der Waals surface area contributed by atoms with Crippen molar-refractivity contribution in [3.8, 4) is 11.1 Å². The number of nitrogens with one attached hydrogen (secondary N) is 1. The van der Waals surface area contributed by atoms with E-state index in [4.69, 9.17) is 4.74 Å². The fourth-order valence-corrected chi connectivity index (χ4v) is 4.10. The van der Waals surface area contributed by atoms with Crippen molar-refractivity contribution in [2.45, 2.75) is 25.3 Å². The standard InChI is InChI=1S/C25H23NO3/c1-16-8-7-9-17(14-16)15-22(25(28)29-2)26-24(27)23-20-12-5-3-10-18(20)19-11-4-6-13-21(19)23/h3-14,22-23H,15H2,1-2H3,(H,26,27)/t22-/m1/s1. The highest BCUT2D eigenvalue weighted by Gasteiger charge is 2.35. The van der Waals surface area contributed by atoms with Gasteiger partial charge in [0.2, 0.25) is 5.91 Å². The number of fused-ring (bicyclic) bond motifs is 3. The Morgan fingerprint density at radius 1 is 0.931 bits per heavy atom. The first-order valence-corrected chi connectivity index (χ1v) is 9.70. The van der Waals surface area contributed by atoms with Crippen LogP contribution < -0.4 is 5.32 Å². The van der Waals surface area contributed by atoms with Gasteiger partial charge in [-0.3, -0.25) is 4.79 Å². The third-order valence-electron chi connectivity index (χ3n) is 5.42. The summed E-state index contributed by atoms with van der Waals surface area (Å²) in [6.07, 6.45) is 0.385. The molecular formula is C25H23NO3. The van der Waals surface area contributed by atoms with Crippen LogP contribution in [0.3, 0.4) is 0 Å². The number of methoxy groups -OCH3 is 1. The third-order valence-corrected chi connectivity index (χ3v) is 5.42.